The summed E-state index contributed by atoms with van der Waals surface area (Å²) in [7, 11) is 1.58. The van der Waals surface area contributed by atoms with Crippen molar-refractivity contribution < 1.29 is 23.7 Å². The van der Waals surface area contributed by atoms with Gasteiger partial charge in [-0.2, -0.15) is 0 Å². The SMILES string of the molecule is C=CCc1cc(/C=c2/sc3n(c2=O)[C@@H](c2ccc(OC)c(Br)c2)C(C(=O)OCC)=C(C)N=3)cc(OCC)c1OCc1ccccc1Cl. The first-order valence-corrected chi connectivity index (χ1v) is 17.0. The largest absolute Gasteiger partial charge is 0.496 e. The fourth-order valence-electron chi connectivity index (χ4n) is 5.38. The Balaban J connectivity index is 1.64. The molecule has 47 heavy (non-hydrogen) atoms. The summed E-state index contributed by atoms with van der Waals surface area (Å²) in [6, 6.07) is 16.0. The Labute approximate surface area is 290 Å². The van der Waals surface area contributed by atoms with Crippen LogP contribution in [0.5, 0.6) is 17.2 Å². The Kier molecular flexibility index (Phi) is 11.1. The van der Waals surface area contributed by atoms with E-state index >= 15 is 0 Å². The Bertz CT molecular complexity index is 2050. The van der Waals surface area contributed by atoms with E-state index in [1.807, 2.05) is 55.5 Å². The molecule has 5 rings (SSSR count). The van der Waals surface area contributed by atoms with Crippen LogP contribution in [0.3, 0.4) is 0 Å². The second-order valence-corrected chi connectivity index (χ2v) is 12.8. The highest BCUT2D eigenvalue weighted by molar-refractivity contribution is 9.10. The second-order valence-electron chi connectivity index (χ2n) is 10.5. The van der Waals surface area contributed by atoms with Crippen LogP contribution in [0, 0.1) is 0 Å². The summed E-state index contributed by atoms with van der Waals surface area (Å²) in [6.45, 7) is 10.2. The molecule has 1 aliphatic heterocycles. The Hall–Kier alpha value is -4.12. The minimum absolute atomic E-state index is 0.187. The van der Waals surface area contributed by atoms with Crippen LogP contribution >= 0.6 is 38.9 Å². The van der Waals surface area contributed by atoms with Crippen LogP contribution in [0.15, 0.2) is 92.8 Å². The monoisotopic (exact) mass is 736 g/mol. The molecule has 0 spiro atoms. The van der Waals surface area contributed by atoms with Gasteiger partial charge < -0.3 is 18.9 Å². The van der Waals surface area contributed by atoms with Gasteiger partial charge in [-0.05, 0) is 90.7 Å². The number of nitrogens with zero attached hydrogens (tertiary/aromatic N) is 2. The van der Waals surface area contributed by atoms with Gasteiger partial charge in [-0.25, -0.2) is 9.79 Å². The smallest absolute Gasteiger partial charge is 0.338 e. The minimum Gasteiger partial charge on any atom is -0.496 e. The number of rotatable bonds is 12. The first kappa shape index (κ1) is 34.2. The molecule has 0 bridgehead atoms. The van der Waals surface area contributed by atoms with Crippen molar-refractivity contribution in [2.45, 2.75) is 39.8 Å². The summed E-state index contributed by atoms with van der Waals surface area (Å²) in [5.41, 5.74) is 3.64. The van der Waals surface area contributed by atoms with Crippen LogP contribution in [0.25, 0.3) is 6.08 Å². The molecule has 0 aliphatic carbocycles. The van der Waals surface area contributed by atoms with Crippen molar-refractivity contribution in [3.05, 3.63) is 130 Å². The molecule has 8 nitrogen and oxygen atoms in total. The van der Waals surface area contributed by atoms with E-state index in [4.69, 9.17) is 30.5 Å². The number of aromatic nitrogens is 1. The van der Waals surface area contributed by atoms with Gasteiger partial charge in [-0.1, -0.05) is 53.3 Å². The summed E-state index contributed by atoms with van der Waals surface area (Å²) < 4.78 is 25.8. The van der Waals surface area contributed by atoms with E-state index in [1.165, 1.54) is 11.3 Å². The van der Waals surface area contributed by atoms with Gasteiger partial charge in [0.05, 0.1) is 46.6 Å². The number of carbonyl (C=O) groups excluding carboxylic acids is 1. The van der Waals surface area contributed by atoms with E-state index in [2.05, 4.69) is 27.5 Å². The predicted octanol–water partition coefficient (Wildman–Crippen LogP) is 6.93. The lowest BCUT2D eigenvalue weighted by Crippen LogP contribution is -2.40. The highest BCUT2D eigenvalue weighted by atomic mass is 79.9. The maximum absolute atomic E-state index is 14.2. The Morgan fingerprint density at radius 1 is 1.09 bits per heavy atom. The van der Waals surface area contributed by atoms with Gasteiger partial charge in [0.15, 0.2) is 16.3 Å². The molecule has 0 saturated heterocycles. The number of benzene rings is 3. The number of hydrogen-bond donors (Lipinski definition) is 0. The average Bonchev–Trinajstić information content (AvgIpc) is 3.34. The molecule has 4 aromatic rings. The van der Waals surface area contributed by atoms with Gasteiger partial charge in [-0.15, -0.1) is 6.58 Å². The molecule has 3 aromatic carbocycles. The number of hydrogen-bond acceptors (Lipinski definition) is 8. The van der Waals surface area contributed by atoms with E-state index in [0.29, 0.717) is 65.9 Å². The molecule has 244 valence electrons. The van der Waals surface area contributed by atoms with E-state index in [1.54, 1.807) is 43.7 Å². The van der Waals surface area contributed by atoms with Crippen LogP contribution in [0.2, 0.25) is 5.02 Å². The molecule has 0 radical (unpaired) electrons. The van der Waals surface area contributed by atoms with E-state index < -0.39 is 12.0 Å². The quantitative estimate of drug-likeness (QED) is 0.116. The van der Waals surface area contributed by atoms with Gasteiger partial charge >= 0.3 is 5.97 Å². The first-order chi connectivity index (χ1) is 22.7. The standard InChI is InChI=1S/C36H34BrClN2O6S/c1-6-11-24-16-22(17-29(44-7-2)33(24)46-20-25-12-9-10-13-27(25)38)18-30-34(41)40-32(23-14-15-28(43-5)26(37)19-23)31(35(42)45-8-3)21(4)39-36(40)47-30/h6,9-10,12-19,32H,1,7-8,11,20H2,2-5H3/b30-18+/t32-/m0/s1. The van der Waals surface area contributed by atoms with Gasteiger partial charge in [0.1, 0.15) is 12.4 Å². The highest BCUT2D eigenvalue weighted by Gasteiger charge is 2.33. The lowest BCUT2D eigenvalue weighted by Gasteiger charge is -2.25. The zero-order valence-electron chi connectivity index (χ0n) is 26.5. The van der Waals surface area contributed by atoms with Crippen LogP contribution in [-0.4, -0.2) is 30.9 Å². The van der Waals surface area contributed by atoms with Gasteiger partial charge in [0.25, 0.3) is 5.56 Å². The third-order valence-electron chi connectivity index (χ3n) is 7.45. The van der Waals surface area contributed by atoms with Crippen molar-refractivity contribution in [2.24, 2.45) is 4.99 Å². The Morgan fingerprint density at radius 2 is 1.87 bits per heavy atom. The number of methoxy groups -OCH3 is 1. The number of ether oxygens (including phenoxy) is 4. The van der Waals surface area contributed by atoms with Gasteiger partial charge in [0.2, 0.25) is 0 Å². The van der Waals surface area contributed by atoms with Crippen LogP contribution in [0.4, 0.5) is 0 Å². The number of fused-ring (bicyclic) bond motifs is 1. The molecule has 0 fully saturated rings. The molecule has 1 aromatic heterocycles. The zero-order valence-corrected chi connectivity index (χ0v) is 29.6. The second kappa shape index (κ2) is 15.2. The number of carbonyl (C=O) groups is 1. The van der Waals surface area contributed by atoms with Crippen molar-refractivity contribution in [2.75, 3.05) is 20.3 Å². The van der Waals surface area contributed by atoms with Crippen molar-refractivity contribution in [3.8, 4) is 17.2 Å². The number of allylic oxidation sites excluding steroid dienone is 2. The summed E-state index contributed by atoms with van der Waals surface area (Å²) in [6.07, 6.45) is 4.11. The summed E-state index contributed by atoms with van der Waals surface area (Å²) >= 11 is 11.2. The summed E-state index contributed by atoms with van der Waals surface area (Å²) in [4.78, 5) is 32.6. The molecule has 0 unspecified atom stereocenters. The normalized spacial score (nSPS) is 14.3. The number of esters is 1. The number of thiazole rings is 1. The molecular weight excluding hydrogens is 704 g/mol. The van der Waals surface area contributed by atoms with Crippen LogP contribution < -0.4 is 29.1 Å². The lowest BCUT2D eigenvalue weighted by molar-refractivity contribution is -0.139. The maximum Gasteiger partial charge on any atom is 0.338 e. The lowest BCUT2D eigenvalue weighted by atomic mass is 9.96. The first-order valence-electron chi connectivity index (χ1n) is 15.0. The molecule has 0 amide bonds. The maximum atomic E-state index is 14.2. The zero-order chi connectivity index (χ0) is 33.7. The minimum atomic E-state index is -0.759. The van der Waals surface area contributed by atoms with Crippen molar-refractivity contribution in [3.63, 3.8) is 0 Å². The molecule has 11 heteroatoms. The number of halogens is 2. The van der Waals surface area contributed by atoms with E-state index in [0.717, 1.165) is 16.7 Å². The molecule has 0 saturated carbocycles. The van der Waals surface area contributed by atoms with Crippen molar-refractivity contribution >= 4 is 50.9 Å². The molecule has 1 atom stereocenters. The predicted molar refractivity (Wildman–Crippen MR) is 188 cm³/mol. The fraction of sp³-hybridized carbons (Fsp3) is 0.250. The molecule has 0 N–H and O–H groups in total. The van der Waals surface area contributed by atoms with Gasteiger partial charge in [0, 0.05) is 16.1 Å². The highest BCUT2D eigenvalue weighted by Crippen LogP contribution is 2.37. The third-order valence-corrected chi connectivity index (χ3v) is 9.43. The molecule has 2 heterocycles. The Morgan fingerprint density at radius 3 is 2.55 bits per heavy atom. The van der Waals surface area contributed by atoms with E-state index in [9.17, 15) is 9.59 Å². The summed E-state index contributed by atoms with van der Waals surface area (Å²) in [5.74, 6) is 1.23. The average molecular weight is 738 g/mol. The molecule has 1 aliphatic rings. The summed E-state index contributed by atoms with van der Waals surface area (Å²) in [5, 5.41) is 0.615. The fourth-order valence-corrected chi connectivity index (χ4v) is 7.17. The van der Waals surface area contributed by atoms with Crippen LogP contribution in [0.1, 0.15) is 49.1 Å². The van der Waals surface area contributed by atoms with E-state index in [-0.39, 0.29) is 18.8 Å². The topological polar surface area (TPSA) is 88.4 Å². The molecular formula is C36H34BrClN2O6S. The van der Waals surface area contributed by atoms with Crippen LogP contribution in [-0.2, 0) is 22.6 Å². The third kappa shape index (κ3) is 7.25. The van der Waals surface area contributed by atoms with Crippen molar-refractivity contribution in [1.82, 2.24) is 4.57 Å². The van der Waals surface area contributed by atoms with Crippen molar-refractivity contribution in [1.29, 1.82) is 0 Å². The van der Waals surface area contributed by atoms with Gasteiger partial charge in [-0.3, -0.25) is 9.36 Å².